The summed E-state index contributed by atoms with van der Waals surface area (Å²) < 4.78 is 25.7. The zero-order valence-electron chi connectivity index (χ0n) is 17.3. The van der Waals surface area contributed by atoms with E-state index in [1.165, 1.54) is 24.3 Å². The molecule has 1 amide bonds. The van der Waals surface area contributed by atoms with Crippen LogP contribution in [-0.4, -0.2) is 16.0 Å². The minimum Gasteiger partial charge on any atom is -0.326 e. The predicted octanol–water partition coefficient (Wildman–Crippen LogP) is 8.64. The second-order valence-corrected chi connectivity index (χ2v) is 11.6. The number of carbonyl (C=O) groups excluding carboxylic acids is 2. The van der Waals surface area contributed by atoms with E-state index < -0.39 is 39.5 Å². The van der Waals surface area contributed by atoms with Gasteiger partial charge in [0, 0.05) is 33.6 Å². The average molecular weight is 643 g/mol. The van der Waals surface area contributed by atoms with E-state index in [-0.39, 0.29) is 32.7 Å². The van der Waals surface area contributed by atoms with Crippen molar-refractivity contribution in [3.8, 4) is 0 Å². The SMILES string of the molecule is O=C(Cc1cc(F)c(F)c(Br)c1)c1cc(NC(=O)C2C(c3cc(Cl)cc(Cl)c3)C2(Cl)Cl)ccc1Cl. The third-order valence-electron chi connectivity index (χ3n) is 5.52. The lowest BCUT2D eigenvalue weighted by atomic mass is 10.0. The number of amides is 1. The molecule has 3 aromatic rings. The summed E-state index contributed by atoms with van der Waals surface area (Å²) in [5.74, 6) is -4.39. The summed E-state index contributed by atoms with van der Waals surface area (Å²) in [5, 5.41) is 3.61. The number of halogens is 8. The molecule has 1 N–H and O–H groups in total. The van der Waals surface area contributed by atoms with Crippen molar-refractivity contribution in [1.82, 2.24) is 0 Å². The van der Waals surface area contributed by atoms with E-state index in [0.717, 1.165) is 6.07 Å². The van der Waals surface area contributed by atoms with Gasteiger partial charge in [-0.05, 0) is 75.6 Å². The van der Waals surface area contributed by atoms with Gasteiger partial charge in [-0.15, -0.1) is 23.2 Å². The van der Waals surface area contributed by atoms with E-state index in [4.69, 9.17) is 58.0 Å². The van der Waals surface area contributed by atoms with E-state index in [1.54, 1.807) is 18.2 Å². The summed E-state index contributed by atoms with van der Waals surface area (Å²) in [7, 11) is 0. The van der Waals surface area contributed by atoms with Crippen LogP contribution in [0.2, 0.25) is 15.1 Å². The molecule has 1 aliphatic rings. The molecule has 2 atom stereocenters. The molecule has 0 aromatic heterocycles. The van der Waals surface area contributed by atoms with Crippen LogP contribution in [0, 0.1) is 17.6 Å². The van der Waals surface area contributed by atoms with Gasteiger partial charge in [0.2, 0.25) is 5.91 Å². The van der Waals surface area contributed by atoms with Crippen molar-refractivity contribution >= 4 is 91.3 Å². The molecule has 11 heteroatoms. The number of benzene rings is 3. The molecule has 1 saturated carbocycles. The number of ketones is 1. The van der Waals surface area contributed by atoms with Crippen LogP contribution in [0.15, 0.2) is 53.0 Å². The monoisotopic (exact) mass is 639 g/mol. The first-order valence-electron chi connectivity index (χ1n) is 9.99. The first-order chi connectivity index (χ1) is 16.4. The number of anilines is 1. The zero-order valence-corrected chi connectivity index (χ0v) is 22.7. The summed E-state index contributed by atoms with van der Waals surface area (Å²) in [6.45, 7) is 0. The third kappa shape index (κ3) is 5.63. The van der Waals surface area contributed by atoms with E-state index in [9.17, 15) is 18.4 Å². The van der Waals surface area contributed by atoms with Crippen LogP contribution in [-0.2, 0) is 11.2 Å². The Morgan fingerprint density at radius 1 is 0.971 bits per heavy atom. The molecule has 3 nitrogen and oxygen atoms in total. The lowest BCUT2D eigenvalue weighted by Crippen LogP contribution is -2.17. The number of hydrogen-bond donors (Lipinski definition) is 1. The number of nitrogens with one attached hydrogen (secondary N) is 1. The minimum atomic E-state index is -1.37. The van der Waals surface area contributed by atoms with Crippen LogP contribution in [0.4, 0.5) is 14.5 Å². The average Bonchev–Trinajstić information content (AvgIpc) is 3.34. The molecule has 0 saturated heterocycles. The van der Waals surface area contributed by atoms with E-state index in [0.29, 0.717) is 15.6 Å². The first-order valence-corrected chi connectivity index (χ1v) is 12.7. The molecule has 35 heavy (non-hydrogen) atoms. The van der Waals surface area contributed by atoms with Crippen molar-refractivity contribution in [1.29, 1.82) is 0 Å². The van der Waals surface area contributed by atoms with Crippen molar-refractivity contribution in [2.75, 3.05) is 5.32 Å². The molecule has 4 rings (SSSR count). The van der Waals surface area contributed by atoms with Crippen LogP contribution in [0.25, 0.3) is 0 Å². The van der Waals surface area contributed by atoms with Crippen LogP contribution >= 0.6 is 73.9 Å². The number of hydrogen-bond acceptors (Lipinski definition) is 2. The Morgan fingerprint density at radius 3 is 2.26 bits per heavy atom. The fraction of sp³-hybridized carbons (Fsp3) is 0.167. The lowest BCUT2D eigenvalue weighted by molar-refractivity contribution is -0.117. The molecule has 2 unspecified atom stereocenters. The van der Waals surface area contributed by atoms with Crippen molar-refractivity contribution in [2.45, 2.75) is 16.7 Å². The highest BCUT2D eigenvalue weighted by atomic mass is 79.9. The molecule has 1 aliphatic carbocycles. The van der Waals surface area contributed by atoms with Crippen molar-refractivity contribution in [2.24, 2.45) is 5.92 Å². The Morgan fingerprint density at radius 2 is 1.63 bits per heavy atom. The Bertz CT molecular complexity index is 1320. The Balaban J connectivity index is 1.52. The Kier molecular flexibility index (Phi) is 7.73. The van der Waals surface area contributed by atoms with E-state index >= 15 is 0 Å². The largest absolute Gasteiger partial charge is 0.326 e. The summed E-state index contributed by atoms with van der Waals surface area (Å²) in [6, 6.07) is 11.4. The van der Waals surface area contributed by atoms with Gasteiger partial charge in [-0.2, -0.15) is 0 Å². The molecule has 0 bridgehead atoms. The van der Waals surface area contributed by atoms with Gasteiger partial charge in [0.15, 0.2) is 17.4 Å². The van der Waals surface area contributed by atoms with Crippen molar-refractivity contribution in [3.05, 3.63) is 96.4 Å². The second-order valence-electron chi connectivity index (χ2n) is 7.99. The summed E-state index contributed by atoms with van der Waals surface area (Å²) in [6.07, 6.45) is -0.236. The normalized spacial score (nSPS) is 18.3. The molecule has 0 heterocycles. The van der Waals surface area contributed by atoms with Gasteiger partial charge < -0.3 is 5.32 Å². The van der Waals surface area contributed by atoms with Crippen LogP contribution in [0.5, 0.6) is 0 Å². The molecule has 0 spiro atoms. The van der Waals surface area contributed by atoms with Gasteiger partial charge in [-0.25, -0.2) is 8.78 Å². The van der Waals surface area contributed by atoms with Crippen LogP contribution in [0.3, 0.4) is 0 Å². The van der Waals surface area contributed by atoms with Gasteiger partial charge in [0.05, 0.1) is 15.4 Å². The number of carbonyl (C=O) groups is 2. The standard InChI is InChI=1S/C24H13BrCl5F2NO2/c25-16-3-10(4-18(31)22(16)32)5-19(34)15-9-14(1-2-17(15)28)33-23(35)21-20(24(21,29)30)11-6-12(26)8-13(27)7-11/h1-4,6-9,20-21H,5H2,(H,33,35). The Hall–Kier alpha value is -1.41. The van der Waals surface area contributed by atoms with Gasteiger partial charge in [0.25, 0.3) is 0 Å². The maximum absolute atomic E-state index is 13.7. The van der Waals surface area contributed by atoms with Crippen LogP contribution < -0.4 is 5.32 Å². The number of rotatable bonds is 6. The topological polar surface area (TPSA) is 46.2 Å². The van der Waals surface area contributed by atoms with E-state index in [2.05, 4.69) is 21.2 Å². The smallest absolute Gasteiger partial charge is 0.231 e. The number of Topliss-reactive ketones (excluding diaryl/α,β-unsaturated/α-hetero) is 1. The molecule has 0 aliphatic heterocycles. The predicted molar refractivity (Wildman–Crippen MR) is 139 cm³/mol. The highest BCUT2D eigenvalue weighted by Crippen LogP contribution is 2.65. The highest BCUT2D eigenvalue weighted by molar-refractivity contribution is 9.10. The summed E-state index contributed by atoms with van der Waals surface area (Å²) in [5.41, 5.74) is 1.26. The Labute approximate surface area is 232 Å². The van der Waals surface area contributed by atoms with Crippen molar-refractivity contribution < 1.29 is 18.4 Å². The zero-order chi connectivity index (χ0) is 25.7. The summed E-state index contributed by atoms with van der Waals surface area (Å²) >= 11 is 34.0. The van der Waals surface area contributed by atoms with Gasteiger partial charge in [-0.1, -0.05) is 34.8 Å². The third-order valence-corrected chi connectivity index (χ3v) is 7.81. The maximum atomic E-state index is 13.7. The lowest BCUT2D eigenvalue weighted by Gasteiger charge is -2.10. The second kappa shape index (κ2) is 10.2. The minimum absolute atomic E-state index is 0.0991. The quantitative estimate of drug-likeness (QED) is 0.166. The molecule has 3 aromatic carbocycles. The molecule has 182 valence electrons. The maximum Gasteiger partial charge on any atom is 0.231 e. The summed E-state index contributed by atoms with van der Waals surface area (Å²) in [4.78, 5) is 25.8. The van der Waals surface area contributed by atoms with Crippen molar-refractivity contribution in [3.63, 3.8) is 0 Å². The molecular formula is C24H13BrCl5F2NO2. The molecule has 0 radical (unpaired) electrons. The fourth-order valence-electron chi connectivity index (χ4n) is 3.85. The van der Waals surface area contributed by atoms with Gasteiger partial charge in [-0.3, -0.25) is 9.59 Å². The van der Waals surface area contributed by atoms with Gasteiger partial charge >= 0.3 is 0 Å². The van der Waals surface area contributed by atoms with Gasteiger partial charge in [0.1, 0.15) is 4.33 Å². The molecular weight excluding hydrogens is 629 g/mol. The highest BCUT2D eigenvalue weighted by Gasteiger charge is 2.67. The van der Waals surface area contributed by atoms with Crippen LogP contribution in [0.1, 0.15) is 27.4 Å². The first kappa shape index (κ1) is 26.6. The van der Waals surface area contributed by atoms with E-state index in [1.807, 2.05) is 0 Å². The fourth-order valence-corrected chi connectivity index (χ4v) is 5.93. The number of alkyl halides is 2. The molecule has 1 fully saturated rings.